The number of nitrogens with one attached hydrogen (secondary N) is 4. The molecule has 3 aliphatic heterocycles. The number of alkyl carbamates (subject to hydrolysis) is 1. The normalized spacial score (nSPS) is 27.7. The summed E-state index contributed by atoms with van der Waals surface area (Å²) in [7, 11) is -4.66. The first-order chi connectivity index (χ1) is 29.9. The number of hydrogen-bond acceptors (Lipinski definition) is 12. The van der Waals surface area contributed by atoms with Crippen LogP contribution in [-0.2, 0) is 33.9 Å². The third-order valence-corrected chi connectivity index (χ3v) is 13.9. The van der Waals surface area contributed by atoms with Crippen LogP contribution >= 0.6 is 0 Å². The van der Waals surface area contributed by atoms with Crippen LogP contribution in [0, 0.1) is 11.7 Å². The fourth-order valence-corrected chi connectivity index (χ4v) is 10.2. The molecule has 4 fully saturated rings. The van der Waals surface area contributed by atoms with Gasteiger partial charge in [0, 0.05) is 51.3 Å². The number of benzene rings is 1. The molecule has 0 unspecified atom stereocenters. The van der Waals surface area contributed by atoms with Crippen LogP contribution in [0.5, 0.6) is 0 Å². The van der Waals surface area contributed by atoms with E-state index in [0.717, 1.165) is 56.5 Å². The lowest BCUT2D eigenvalue weighted by Crippen LogP contribution is -2.58. The smallest absolute Gasteiger partial charge is 0.410 e. The topological polar surface area (TPSA) is 209 Å². The van der Waals surface area contributed by atoms with Crippen molar-refractivity contribution in [3.63, 3.8) is 0 Å². The van der Waals surface area contributed by atoms with Gasteiger partial charge in [0.05, 0.1) is 12.2 Å². The summed E-state index contributed by atoms with van der Waals surface area (Å²) < 4.78 is 55.7. The second-order valence-corrected chi connectivity index (χ2v) is 18.5. The number of amides is 5. The zero-order valence-corrected chi connectivity index (χ0v) is 35.7. The van der Waals surface area contributed by atoms with E-state index in [1.165, 1.54) is 17.0 Å². The van der Waals surface area contributed by atoms with Crippen molar-refractivity contribution in [2.24, 2.45) is 5.92 Å². The summed E-state index contributed by atoms with van der Waals surface area (Å²) in [6, 6.07) is 6.52. The predicted octanol–water partition coefficient (Wildman–Crippen LogP) is 4.21. The molecule has 7 rings (SSSR count). The van der Waals surface area contributed by atoms with Crippen LogP contribution in [0.4, 0.5) is 25.5 Å². The Morgan fingerprint density at radius 3 is 2.45 bits per heavy atom. The highest BCUT2D eigenvalue weighted by Gasteiger charge is 2.61. The molecule has 5 aliphatic rings. The SMILES string of the molecule is C=C[C@@H]1C[C@@]12NC(=O)[C@@H]1C[C@@H](OC(=O)N3CCCN(c4ccccn4)CC3)CN1C(=O)[C@@H](NC(=O)OC1CCCC1)CCCCCCCNc1ccc(F)cc1S(=O)(=O)NC2=O. The van der Waals surface area contributed by atoms with Gasteiger partial charge in [-0.1, -0.05) is 37.8 Å². The van der Waals surface area contributed by atoms with Crippen LogP contribution in [-0.4, -0.2) is 122 Å². The van der Waals surface area contributed by atoms with Gasteiger partial charge in [0.1, 0.15) is 46.4 Å². The van der Waals surface area contributed by atoms with Crippen molar-refractivity contribution in [3.8, 4) is 0 Å². The van der Waals surface area contributed by atoms with Gasteiger partial charge in [-0.15, -0.1) is 6.58 Å². The maximum absolute atomic E-state index is 14.7. The molecule has 4 heterocycles. The van der Waals surface area contributed by atoms with Gasteiger partial charge >= 0.3 is 12.2 Å². The maximum Gasteiger partial charge on any atom is 0.410 e. The lowest BCUT2D eigenvalue weighted by molar-refractivity contribution is -0.141. The Morgan fingerprint density at radius 1 is 0.919 bits per heavy atom. The van der Waals surface area contributed by atoms with Crippen molar-refractivity contribution in [2.45, 2.75) is 118 Å². The van der Waals surface area contributed by atoms with E-state index in [9.17, 15) is 36.8 Å². The average Bonchev–Trinajstić information content (AvgIpc) is 3.59. The fraction of sp³-hybridized carbons (Fsp3) is 0.581. The number of nitrogens with zero attached hydrogens (tertiary/aromatic N) is 4. The standard InChI is InChI=1S/C43H57FN8O9S/c1-2-29-27-43(29)40(55)49-62(58,59)36-25-30(44)17-18-33(36)45-19-10-5-3-4-6-15-34(47-41(56)60-31-13-7-8-14-31)39(54)52-28-32(26-35(52)38(53)48-43)61-42(57)51-22-12-21-50(23-24-51)37-16-9-11-20-46-37/h2,9,11,16-18,20,25,29,31-32,34-35,45H,1,3-8,10,12-15,19,21-24,26-28H2,(H,47,56)(H,48,53)(H,49,55)/t29-,32-,34+,35+,43-/m1/s1. The summed E-state index contributed by atoms with van der Waals surface area (Å²) >= 11 is 0. The summed E-state index contributed by atoms with van der Waals surface area (Å²) in [6.45, 7) is 5.90. The molecule has 2 aliphatic carbocycles. The van der Waals surface area contributed by atoms with Gasteiger partial charge in [-0.3, -0.25) is 14.4 Å². The molecule has 2 saturated carbocycles. The van der Waals surface area contributed by atoms with Gasteiger partial charge in [-0.2, -0.15) is 0 Å². The first-order valence-electron chi connectivity index (χ1n) is 21.8. The number of pyridine rings is 1. The Hall–Kier alpha value is -5.46. The molecule has 1 aromatic heterocycles. The maximum atomic E-state index is 14.7. The zero-order valence-electron chi connectivity index (χ0n) is 34.9. The molecular formula is C43H57FN8O9S. The first-order valence-corrected chi connectivity index (χ1v) is 23.3. The number of fused-ring (bicyclic) bond motifs is 2. The third kappa shape index (κ3) is 10.6. The highest BCUT2D eigenvalue weighted by atomic mass is 32.2. The molecule has 1 aromatic carbocycles. The van der Waals surface area contributed by atoms with Crippen LogP contribution in [0.2, 0.25) is 0 Å². The number of halogens is 1. The quantitative estimate of drug-likeness (QED) is 0.312. The molecule has 2 aromatic rings. The summed E-state index contributed by atoms with van der Waals surface area (Å²) in [5.41, 5.74) is -1.66. The molecule has 1 spiro atoms. The fourth-order valence-electron chi connectivity index (χ4n) is 8.95. The van der Waals surface area contributed by atoms with E-state index in [1.807, 2.05) is 18.2 Å². The van der Waals surface area contributed by atoms with Crippen LogP contribution in [0.25, 0.3) is 0 Å². The summed E-state index contributed by atoms with van der Waals surface area (Å²) in [5, 5.41) is 8.55. The molecule has 0 bridgehead atoms. The van der Waals surface area contributed by atoms with Gasteiger partial charge in [-0.05, 0) is 81.7 Å². The second-order valence-electron chi connectivity index (χ2n) is 16.8. The Balaban J connectivity index is 1.14. The van der Waals surface area contributed by atoms with E-state index in [1.54, 1.807) is 11.1 Å². The Kier molecular flexibility index (Phi) is 14.2. The predicted molar refractivity (Wildman–Crippen MR) is 226 cm³/mol. The largest absolute Gasteiger partial charge is 0.446 e. The highest BCUT2D eigenvalue weighted by Crippen LogP contribution is 2.45. The summed E-state index contributed by atoms with van der Waals surface area (Å²) in [4.78, 5) is 79.0. The molecular weight excluding hydrogens is 824 g/mol. The minimum absolute atomic E-state index is 0.00139. The van der Waals surface area contributed by atoms with Crippen LogP contribution in [0.1, 0.15) is 83.5 Å². The minimum atomic E-state index is -4.66. The molecule has 62 heavy (non-hydrogen) atoms. The van der Waals surface area contributed by atoms with E-state index in [2.05, 4.69) is 37.1 Å². The van der Waals surface area contributed by atoms with Crippen LogP contribution in [0.15, 0.2) is 60.1 Å². The van der Waals surface area contributed by atoms with E-state index < -0.39 is 80.3 Å². The van der Waals surface area contributed by atoms with E-state index in [4.69, 9.17) is 9.47 Å². The second kappa shape index (κ2) is 19.7. The number of anilines is 2. The number of ether oxygens (including phenoxy) is 2. The lowest BCUT2D eigenvalue weighted by Gasteiger charge is -2.30. The van der Waals surface area contributed by atoms with Crippen molar-refractivity contribution in [3.05, 3.63) is 61.1 Å². The highest BCUT2D eigenvalue weighted by molar-refractivity contribution is 7.90. The molecule has 0 radical (unpaired) electrons. The molecule has 2 saturated heterocycles. The van der Waals surface area contributed by atoms with Crippen molar-refractivity contribution < 1.29 is 46.3 Å². The third-order valence-electron chi connectivity index (χ3n) is 12.5. The first kappa shape index (κ1) is 44.6. The van der Waals surface area contributed by atoms with Gasteiger partial charge in [0.2, 0.25) is 11.8 Å². The van der Waals surface area contributed by atoms with E-state index in [0.29, 0.717) is 58.4 Å². The van der Waals surface area contributed by atoms with Gasteiger partial charge in [0.15, 0.2) is 0 Å². The number of carbonyl (C=O) groups excluding carboxylic acids is 5. The van der Waals surface area contributed by atoms with Crippen molar-refractivity contribution in [1.82, 2.24) is 30.1 Å². The van der Waals surface area contributed by atoms with Gasteiger partial charge in [-0.25, -0.2) is 32.1 Å². The van der Waals surface area contributed by atoms with Crippen LogP contribution < -0.4 is 25.6 Å². The number of sulfonamides is 1. The Morgan fingerprint density at radius 2 is 1.69 bits per heavy atom. The number of hydrogen-bond donors (Lipinski definition) is 4. The molecule has 4 N–H and O–H groups in total. The number of rotatable bonds is 5. The van der Waals surface area contributed by atoms with Crippen molar-refractivity contribution in [1.29, 1.82) is 0 Å². The van der Waals surface area contributed by atoms with E-state index in [-0.39, 0.29) is 37.6 Å². The lowest BCUT2D eigenvalue weighted by atomic mass is 10.0. The van der Waals surface area contributed by atoms with Gasteiger partial charge < -0.3 is 40.1 Å². The van der Waals surface area contributed by atoms with E-state index >= 15 is 0 Å². The number of aromatic nitrogens is 1. The minimum Gasteiger partial charge on any atom is -0.446 e. The molecule has 19 heteroatoms. The zero-order chi connectivity index (χ0) is 43.9. The van der Waals surface area contributed by atoms with Crippen LogP contribution in [0.3, 0.4) is 0 Å². The Bertz CT molecular complexity index is 2090. The van der Waals surface area contributed by atoms with Crippen molar-refractivity contribution >= 4 is 51.4 Å². The monoisotopic (exact) mass is 880 g/mol. The molecule has 5 atom stereocenters. The van der Waals surface area contributed by atoms with Gasteiger partial charge in [0.25, 0.3) is 15.9 Å². The summed E-state index contributed by atoms with van der Waals surface area (Å²) in [6.07, 6.45) is 8.07. The molecule has 17 nitrogen and oxygen atoms in total. The Labute approximate surface area is 361 Å². The molecule has 5 amide bonds. The van der Waals surface area contributed by atoms with Crippen molar-refractivity contribution in [2.75, 3.05) is 49.5 Å². The average molecular weight is 881 g/mol. The number of carbonyl (C=O) groups is 5. The summed E-state index contributed by atoms with van der Waals surface area (Å²) in [5.74, 6) is -3.14. The molecule has 336 valence electrons.